The van der Waals surface area contributed by atoms with E-state index in [-0.39, 0.29) is 0 Å². The first-order valence-electron chi connectivity index (χ1n) is 5.74. The Morgan fingerprint density at radius 1 is 1.23 bits per heavy atom. The van der Waals surface area contributed by atoms with Crippen LogP contribution in [-0.4, -0.2) is 36.6 Å². The second kappa shape index (κ2) is 3.97. The fourth-order valence-corrected chi connectivity index (χ4v) is 2.71. The maximum Gasteiger partial charge on any atom is 0.00981 e. The number of hydrogen-bond donors (Lipinski definition) is 1. The van der Waals surface area contributed by atoms with E-state index in [0.29, 0.717) is 0 Å². The Morgan fingerprint density at radius 2 is 2.00 bits per heavy atom. The molecule has 1 saturated heterocycles. The standard InChI is InChI=1S/C11H22N2/c1-9-8-10(12-2)6-7-13(9)11-4-3-5-11/h9-12H,3-8H2,1-2H3. The Hall–Kier alpha value is -0.0800. The molecule has 1 aliphatic carbocycles. The SMILES string of the molecule is CNC1CCN(C2CCC2)C(C)C1. The highest BCUT2D eigenvalue weighted by molar-refractivity contribution is 4.89. The highest BCUT2D eigenvalue weighted by atomic mass is 15.2. The van der Waals surface area contributed by atoms with Crippen molar-refractivity contribution in [3.8, 4) is 0 Å². The number of piperidine rings is 1. The smallest absolute Gasteiger partial charge is 0.00981 e. The van der Waals surface area contributed by atoms with E-state index in [1.54, 1.807) is 0 Å². The fourth-order valence-electron chi connectivity index (χ4n) is 2.71. The van der Waals surface area contributed by atoms with Crippen molar-refractivity contribution < 1.29 is 0 Å². The molecule has 2 heteroatoms. The summed E-state index contributed by atoms with van der Waals surface area (Å²) in [6, 6.07) is 2.51. The van der Waals surface area contributed by atoms with Gasteiger partial charge in [0.15, 0.2) is 0 Å². The quantitative estimate of drug-likeness (QED) is 0.698. The van der Waals surface area contributed by atoms with Gasteiger partial charge >= 0.3 is 0 Å². The van der Waals surface area contributed by atoms with Crippen LogP contribution in [0.25, 0.3) is 0 Å². The molecule has 0 bridgehead atoms. The maximum atomic E-state index is 3.40. The van der Waals surface area contributed by atoms with Gasteiger partial charge in [0.1, 0.15) is 0 Å². The van der Waals surface area contributed by atoms with Gasteiger partial charge in [-0.3, -0.25) is 4.90 Å². The van der Waals surface area contributed by atoms with E-state index in [9.17, 15) is 0 Å². The molecule has 0 aromatic heterocycles. The van der Waals surface area contributed by atoms with Crippen LogP contribution in [0.4, 0.5) is 0 Å². The number of nitrogens with zero attached hydrogens (tertiary/aromatic N) is 1. The zero-order valence-corrected chi connectivity index (χ0v) is 8.92. The van der Waals surface area contributed by atoms with Gasteiger partial charge in [0.25, 0.3) is 0 Å². The largest absolute Gasteiger partial charge is 0.317 e. The van der Waals surface area contributed by atoms with E-state index < -0.39 is 0 Å². The van der Waals surface area contributed by atoms with E-state index >= 15 is 0 Å². The summed E-state index contributed by atoms with van der Waals surface area (Å²) in [6.07, 6.45) is 7.05. The van der Waals surface area contributed by atoms with E-state index in [2.05, 4.69) is 24.2 Å². The molecule has 1 N–H and O–H groups in total. The zero-order chi connectivity index (χ0) is 9.26. The minimum Gasteiger partial charge on any atom is -0.317 e. The zero-order valence-electron chi connectivity index (χ0n) is 8.92. The van der Waals surface area contributed by atoms with E-state index in [4.69, 9.17) is 0 Å². The molecule has 0 spiro atoms. The lowest BCUT2D eigenvalue weighted by atomic mass is 9.87. The molecule has 0 amide bonds. The predicted octanol–water partition coefficient (Wildman–Crippen LogP) is 1.61. The average molecular weight is 182 g/mol. The molecule has 0 aromatic rings. The Bertz CT molecular complexity index is 165. The van der Waals surface area contributed by atoms with Gasteiger partial charge in [0.2, 0.25) is 0 Å². The molecule has 2 atom stereocenters. The van der Waals surface area contributed by atoms with Gasteiger partial charge in [-0.1, -0.05) is 6.42 Å². The van der Waals surface area contributed by atoms with E-state index in [1.165, 1.54) is 38.6 Å². The molecule has 1 aliphatic heterocycles. The molecule has 2 rings (SSSR count). The minimum atomic E-state index is 0.770. The molecular weight excluding hydrogens is 160 g/mol. The van der Waals surface area contributed by atoms with Gasteiger partial charge in [-0.25, -0.2) is 0 Å². The molecule has 1 saturated carbocycles. The molecule has 2 nitrogen and oxygen atoms in total. The van der Waals surface area contributed by atoms with Crippen LogP contribution in [0.1, 0.15) is 39.0 Å². The van der Waals surface area contributed by atoms with Crippen molar-refractivity contribution in [1.82, 2.24) is 10.2 Å². The van der Waals surface area contributed by atoms with E-state index in [1.807, 2.05) is 0 Å². The second-order valence-electron chi connectivity index (χ2n) is 4.68. The molecule has 0 aromatic carbocycles. The number of nitrogens with one attached hydrogen (secondary N) is 1. The molecule has 76 valence electrons. The summed E-state index contributed by atoms with van der Waals surface area (Å²) in [6.45, 7) is 3.71. The van der Waals surface area contributed by atoms with Crippen LogP contribution in [0.2, 0.25) is 0 Å². The lowest BCUT2D eigenvalue weighted by Crippen LogP contribution is -2.52. The molecule has 13 heavy (non-hydrogen) atoms. The van der Waals surface area contributed by atoms with Crippen LogP contribution >= 0.6 is 0 Å². The van der Waals surface area contributed by atoms with Crippen molar-refractivity contribution in [3.05, 3.63) is 0 Å². The summed E-state index contributed by atoms with van der Waals surface area (Å²) < 4.78 is 0. The van der Waals surface area contributed by atoms with Crippen molar-refractivity contribution >= 4 is 0 Å². The molecule has 2 fully saturated rings. The normalized spacial score (nSPS) is 37.4. The third kappa shape index (κ3) is 1.89. The van der Waals surface area contributed by atoms with Crippen molar-refractivity contribution in [2.24, 2.45) is 0 Å². The van der Waals surface area contributed by atoms with Crippen molar-refractivity contribution in [1.29, 1.82) is 0 Å². The fraction of sp³-hybridized carbons (Fsp3) is 1.00. The average Bonchev–Trinajstić information content (AvgIpc) is 2.05. The lowest BCUT2D eigenvalue weighted by Gasteiger charge is -2.46. The van der Waals surface area contributed by atoms with E-state index in [0.717, 1.165) is 18.1 Å². The summed E-state index contributed by atoms with van der Waals surface area (Å²) in [5.74, 6) is 0. The van der Waals surface area contributed by atoms with Crippen LogP contribution in [0.15, 0.2) is 0 Å². The van der Waals surface area contributed by atoms with Crippen LogP contribution in [0.3, 0.4) is 0 Å². The lowest BCUT2D eigenvalue weighted by molar-refractivity contribution is 0.0494. The van der Waals surface area contributed by atoms with Crippen molar-refractivity contribution in [2.75, 3.05) is 13.6 Å². The van der Waals surface area contributed by atoms with Gasteiger partial charge in [0.05, 0.1) is 0 Å². The first-order chi connectivity index (χ1) is 6.31. The molecule has 2 unspecified atom stereocenters. The van der Waals surface area contributed by atoms with Crippen LogP contribution in [0.5, 0.6) is 0 Å². The molecule has 2 aliphatic rings. The summed E-state index contributed by atoms with van der Waals surface area (Å²) in [4.78, 5) is 2.73. The highest BCUT2D eigenvalue weighted by Crippen LogP contribution is 2.30. The van der Waals surface area contributed by atoms with Gasteiger partial charge in [-0.2, -0.15) is 0 Å². The minimum absolute atomic E-state index is 0.770. The molecule has 1 heterocycles. The summed E-state index contributed by atoms with van der Waals surface area (Å²) in [5, 5.41) is 3.40. The van der Waals surface area contributed by atoms with Crippen LogP contribution < -0.4 is 5.32 Å². The van der Waals surface area contributed by atoms with Gasteiger partial charge in [-0.05, 0) is 39.7 Å². The Kier molecular flexibility index (Phi) is 2.89. The maximum absolute atomic E-state index is 3.40. The first-order valence-corrected chi connectivity index (χ1v) is 5.74. The third-order valence-electron chi connectivity index (χ3n) is 3.88. The van der Waals surface area contributed by atoms with Gasteiger partial charge in [-0.15, -0.1) is 0 Å². The van der Waals surface area contributed by atoms with Crippen molar-refractivity contribution in [3.63, 3.8) is 0 Å². The van der Waals surface area contributed by atoms with Crippen LogP contribution in [-0.2, 0) is 0 Å². The predicted molar refractivity (Wildman–Crippen MR) is 55.9 cm³/mol. The molecular formula is C11H22N2. The monoisotopic (exact) mass is 182 g/mol. The topological polar surface area (TPSA) is 15.3 Å². The Labute approximate surface area is 81.7 Å². The summed E-state index contributed by atoms with van der Waals surface area (Å²) in [5.41, 5.74) is 0. The molecule has 0 radical (unpaired) electrons. The highest BCUT2D eigenvalue weighted by Gasteiger charge is 2.32. The third-order valence-corrected chi connectivity index (χ3v) is 3.88. The summed E-state index contributed by atoms with van der Waals surface area (Å²) >= 11 is 0. The first kappa shape index (κ1) is 9.47. The number of likely N-dealkylation sites (tertiary alicyclic amines) is 1. The second-order valence-corrected chi connectivity index (χ2v) is 4.68. The Morgan fingerprint density at radius 3 is 2.46 bits per heavy atom. The number of hydrogen-bond acceptors (Lipinski definition) is 2. The summed E-state index contributed by atoms with van der Waals surface area (Å²) in [7, 11) is 2.09. The van der Waals surface area contributed by atoms with Crippen LogP contribution in [0, 0.1) is 0 Å². The Balaban J connectivity index is 1.85. The van der Waals surface area contributed by atoms with Crippen molar-refractivity contribution in [2.45, 2.75) is 57.2 Å². The van der Waals surface area contributed by atoms with Gasteiger partial charge < -0.3 is 5.32 Å². The van der Waals surface area contributed by atoms with Gasteiger partial charge in [0, 0.05) is 24.7 Å². The number of rotatable bonds is 2.